The van der Waals surface area contributed by atoms with Gasteiger partial charge in [0.05, 0.1) is 5.70 Å². The summed E-state index contributed by atoms with van der Waals surface area (Å²) in [6, 6.07) is 2.06. The number of allylic oxidation sites excluding steroid dienone is 2. The van der Waals surface area contributed by atoms with Gasteiger partial charge in [0.2, 0.25) is 0 Å². The van der Waals surface area contributed by atoms with Crippen molar-refractivity contribution in [3.63, 3.8) is 0 Å². The van der Waals surface area contributed by atoms with Crippen molar-refractivity contribution in [2.24, 2.45) is 4.99 Å². The first-order valence-corrected chi connectivity index (χ1v) is 4.51. The summed E-state index contributed by atoms with van der Waals surface area (Å²) in [4.78, 5) is 8.37. The summed E-state index contributed by atoms with van der Waals surface area (Å²) in [5.41, 5.74) is 3.09. The zero-order valence-electron chi connectivity index (χ0n) is 8.57. The number of aromatic nitrogens is 1. The van der Waals surface area contributed by atoms with E-state index in [0.29, 0.717) is 0 Å². The first-order valence-electron chi connectivity index (χ1n) is 4.51. The van der Waals surface area contributed by atoms with Gasteiger partial charge in [0.25, 0.3) is 0 Å². The van der Waals surface area contributed by atoms with E-state index < -0.39 is 0 Å². The topological polar surface area (TPSA) is 25.2 Å². The highest BCUT2D eigenvalue weighted by atomic mass is 14.7. The van der Waals surface area contributed by atoms with Crippen molar-refractivity contribution in [3.8, 4) is 0 Å². The van der Waals surface area contributed by atoms with Crippen LogP contribution < -0.4 is 0 Å². The molecule has 1 heterocycles. The van der Waals surface area contributed by atoms with Crippen LogP contribution in [-0.2, 0) is 0 Å². The fraction of sp³-hybridized carbons (Fsp3) is 0.167. The molecule has 0 atom stereocenters. The van der Waals surface area contributed by atoms with E-state index in [9.17, 15) is 0 Å². The highest BCUT2D eigenvalue weighted by molar-refractivity contribution is 5.79. The fourth-order valence-corrected chi connectivity index (χ4v) is 1.14. The molecule has 0 amide bonds. The molecule has 0 aromatic carbocycles. The van der Waals surface area contributed by atoms with Crippen LogP contribution >= 0.6 is 0 Å². The summed E-state index contributed by atoms with van der Waals surface area (Å²) < 4.78 is 0. The highest BCUT2D eigenvalue weighted by Crippen LogP contribution is 2.15. The maximum Gasteiger partial charge on any atom is 0.0674 e. The third kappa shape index (κ3) is 2.66. The second kappa shape index (κ2) is 5.12. The molecule has 0 spiro atoms. The van der Waals surface area contributed by atoms with E-state index in [1.165, 1.54) is 0 Å². The van der Waals surface area contributed by atoms with Crippen molar-refractivity contribution in [2.45, 2.75) is 13.8 Å². The zero-order valence-corrected chi connectivity index (χ0v) is 8.57. The van der Waals surface area contributed by atoms with Crippen LogP contribution in [0.5, 0.6) is 0 Å². The summed E-state index contributed by atoms with van der Waals surface area (Å²) in [6.45, 7) is 7.56. The molecule has 72 valence electrons. The van der Waals surface area contributed by atoms with Crippen LogP contribution in [0.2, 0.25) is 0 Å². The molecule has 0 aliphatic carbocycles. The quantitative estimate of drug-likeness (QED) is 0.666. The van der Waals surface area contributed by atoms with Crippen molar-refractivity contribution in [1.82, 2.24) is 4.98 Å². The lowest BCUT2D eigenvalue weighted by molar-refractivity contribution is 1.24. The van der Waals surface area contributed by atoms with Gasteiger partial charge in [-0.15, -0.1) is 0 Å². The first kappa shape index (κ1) is 10.4. The number of hydrogen-bond donors (Lipinski definition) is 0. The maximum absolute atomic E-state index is 4.25. The molecule has 0 aliphatic rings. The fourth-order valence-electron chi connectivity index (χ4n) is 1.14. The Kier molecular flexibility index (Phi) is 3.80. The van der Waals surface area contributed by atoms with E-state index in [1.54, 1.807) is 12.3 Å². The summed E-state index contributed by atoms with van der Waals surface area (Å²) in [5.74, 6) is 0. The van der Waals surface area contributed by atoms with Crippen LogP contribution in [0.1, 0.15) is 18.1 Å². The molecular weight excluding hydrogens is 172 g/mol. The summed E-state index contributed by atoms with van der Waals surface area (Å²) in [7, 11) is 0. The summed E-state index contributed by atoms with van der Waals surface area (Å²) >= 11 is 0. The number of nitrogens with zero attached hydrogens (tertiary/aromatic N) is 2. The van der Waals surface area contributed by atoms with E-state index in [0.717, 1.165) is 16.8 Å². The molecule has 0 N–H and O–H groups in total. The molecule has 0 fully saturated rings. The summed E-state index contributed by atoms with van der Waals surface area (Å²) in [6.07, 6.45) is 8.93. The molecule has 1 rings (SSSR count). The molecule has 0 saturated carbocycles. The monoisotopic (exact) mass is 186 g/mol. The predicted octanol–water partition coefficient (Wildman–Crippen LogP) is 3.01. The molecule has 14 heavy (non-hydrogen) atoms. The third-order valence-corrected chi connectivity index (χ3v) is 1.76. The Balaban J connectivity index is 3.02. The van der Waals surface area contributed by atoms with Crippen LogP contribution in [0, 0.1) is 6.92 Å². The van der Waals surface area contributed by atoms with Gasteiger partial charge in [-0.2, -0.15) is 0 Å². The second-order valence-corrected chi connectivity index (χ2v) is 2.94. The van der Waals surface area contributed by atoms with Gasteiger partial charge >= 0.3 is 0 Å². The zero-order chi connectivity index (χ0) is 10.4. The van der Waals surface area contributed by atoms with Crippen molar-refractivity contribution in [1.29, 1.82) is 0 Å². The van der Waals surface area contributed by atoms with E-state index in [-0.39, 0.29) is 0 Å². The Bertz CT molecular complexity index is 376. The second-order valence-electron chi connectivity index (χ2n) is 2.94. The standard InChI is InChI=1S/C12H14N2/c1-4-6-14-12(5-2)11-7-10(3)8-13-9-11/h4-9H,1H2,2-3H3/b12-5-,14-6?. The minimum atomic E-state index is 0.918. The van der Waals surface area contributed by atoms with Gasteiger partial charge in [-0.1, -0.05) is 18.7 Å². The Morgan fingerprint density at radius 2 is 2.29 bits per heavy atom. The van der Waals surface area contributed by atoms with Gasteiger partial charge < -0.3 is 0 Å². The van der Waals surface area contributed by atoms with Crippen molar-refractivity contribution < 1.29 is 0 Å². The highest BCUT2D eigenvalue weighted by Gasteiger charge is 1.97. The average molecular weight is 186 g/mol. The minimum Gasteiger partial charge on any atom is -0.264 e. The molecule has 1 aromatic rings. The molecule has 2 nitrogen and oxygen atoms in total. The Hall–Kier alpha value is -1.70. The van der Waals surface area contributed by atoms with Gasteiger partial charge in [-0.3, -0.25) is 9.98 Å². The lowest BCUT2D eigenvalue weighted by atomic mass is 10.1. The Morgan fingerprint density at radius 3 is 2.86 bits per heavy atom. The largest absolute Gasteiger partial charge is 0.264 e. The molecule has 1 aromatic heterocycles. The minimum absolute atomic E-state index is 0.918. The number of rotatable bonds is 3. The summed E-state index contributed by atoms with van der Waals surface area (Å²) in [5, 5.41) is 0. The van der Waals surface area contributed by atoms with E-state index in [2.05, 4.69) is 22.6 Å². The lowest BCUT2D eigenvalue weighted by Gasteiger charge is -2.01. The van der Waals surface area contributed by atoms with Crippen LogP contribution in [-0.4, -0.2) is 11.2 Å². The molecule has 0 unspecified atom stereocenters. The number of hydrogen-bond acceptors (Lipinski definition) is 2. The molecule has 0 bridgehead atoms. The van der Waals surface area contributed by atoms with Crippen molar-refractivity contribution in [3.05, 3.63) is 48.3 Å². The van der Waals surface area contributed by atoms with E-state index in [1.807, 2.05) is 32.3 Å². The van der Waals surface area contributed by atoms with Gasteiger partial charge in [0.15, 0.2) is 0 Å². The van der Waals surface area contributed by atoms with E-state index >= 15 is 0 Å². The van der Waals surface area contributed by atoms with Gasteiger partial charge in [0.1, 0.15) is 0 Å². The molecule has 2 heteroatoms. The van der Waals surface area contributed by atoms with Gasteiger partial charge in [-0.05, 0) is 25.5 Å². The number of aliphatic imine (C=N–C) groups is 1. The molecule has 0 saturated heterocycles. The average Bonchev–Trinajstić information content (AvgIpc) is 2.19. The lowest BCUT2D eigenvalue weighted by Crippen LogP contribution is -1.85. The SMILES string of the molecule is C=CC=N/C(=C\C)c1cncc(C)c1. The number of pyridine rings is 1. The number of aryl methyl sites for hydroxylation is 1. The van der Waals surface area contributed by atoms with Crippen LogP contribution in [0.25, 0.3) is 5.70 Å². The van der Waals surface area contributed by atoms with Crippen LogP contribution in [0.15, 0.2) is 42.2 Å². The van der Waals surface area contributed by atoms with Crippen LogP contribution in [0.3, 0.4) is 0 Å². The first-order chi connectivity index (χ1) is 6.77. The third-order valence-electron chi connectivity index (χ3n) is 1.76. The molecule has 0 radical (unpaired) electrons. The Labute approximate surface area is 84.7 Å². The van der Waals surface area contributed by atoms with E-state index in [4.69, 9.17) is 0 Å². The normalized spacial score (nSPS) is 12.0. The van der Waals surface area contributed by atoms with Crippen molar-refractivity contribution in [2.75, 3.05) is 0 Å². The molecular formula is C12H14N2. The maximum atomic E-state index is 4.25. The van der Waals surface area contributed by atoms with Crippen molar-refractivity contribution >= 4 is 11.9 Å². The van der Waals surface area contributed by atoms with Gasteiger partial charge in [-0.25, -0.2) is 0 Å². The van der Waals surface area contributed by atoms with Crippen LogP contribution in [0.4, 0.5) is 0 Å². The smallest absolute Gasteiger partial charge is 0.0674 e. The molecule has 0 aliphatic heterocycles. The van der Waals surface area contributed by atoms with Gasteiger partial charge in [0, 0.05) is 24.2 Å². The Morgan fingerprint density at radius 1 is 1.50 bits per heavy atom. The predicted molar refractivity (Wildman–Crippen MR) is 61.3 cm³/mol.